The second-order valence-electron chi connectivity index (χ2n) is 8.34. The summed E-state index contributed by atoms with van der Waals surface area (Å²) in [6.45, 7) is 4.64. The number of ether oxygens (including phenoxy) is 1. The maximum absolute atomic E-state index is 12.3. The zero-order chi connectivity index (χ0) is 23.4. The minimum Gasteiger partial charge on any atom is -0.494 e. The topological polar surface area (TPSA) is 53.0 Å². The number of hydrogen-bond donors (Lipinski definition) is 1. The molecule has 3 aromatic rings. The van der Waals surface area contributed by atoms with Crippen LogP contribution in [0, 0.1) is 6.92 Å². The summed E-state index contributed by atoms with van der Waals surface area (Å²) >= 11 is 0. The number of hydrogen-bond acceptors (Lipinski definition) is 4. The summed E-state index contributed by atoms with van der Waals surface area (Å²) < 4.78 is 5.62. The Hall–Kier alpha value is -3.47. The van der Waals surface area contributed by atoms with Gasteiger partial charge >= 0.3 is 5.97 Å². The van der Waals surface area contributed by atoms with Crippen LogP contribution in [-0.4, -0.2) is 45.9 Å². The van der Waals surface area contributed by atoms with Gasteiger partial charge < -0.3 is 19.6 Å². The molecule has 0 aliphatic rings. The Bertz CT molecular complexity index is 1090. The lowest BCUT2D eigenvalue weighted by atomic mass is 9.80. The minimum absolute atomic E-state index is 0.218. The van der Waals surface area contributed by atoms with Crippen molar-refractivity contribution in [2.75, 3.05) is 44.6 Å². The van der Waals surface area contributed by atoms with Gasteiger partial charge in [-0.15, -0.1) is 0 Å². The van der Waals surface area contributed by atoms with Gasteiger partial charge in [0.15, 0.2) is 0 Å². The number of nitrogens with zero attached hydrogens (tertiary/aromatic N) is 2. The van der Waals surface area contributed by atoms with E-state index < -0.39 is 5.97 Å². The van der Waals surface area contributed by atoms with Crippen molar-refractivity contribution in [2.24, 2.45) is 0 Å². The van der Waals surface area contributed by atoms with E-state index in [-0.39, 0.29) is 5.92 Å². The normalized spacial score (nSPS) is 11.7. The van der Waals surface area contributed by atoms with E-state index in [1.54, 1.807) is 6.07 Å². The highest BCUT2D eigenvalue weighted by molar-refractivity contribution is 5.91. The van der Waals surface area contributed by atoms with Crippen LogP contribution in [0.1, 0.15) is 45.5 Å². The van der Waals surface area contributed by atoms with Crippen molar-refractivity contribution >= 4 is 17.3 Å². The molecule has 5 heteroatoms. The van der Waals surface area contributed by atoms with E-state index >= 15 is 0 Å². The van der Waals surface area contributed by atoms with Crippen molar-refractivity contribution < 1.29 is 14.6 Å². The van der Waals surface area contributed by atoms with Gasteiger partial charge in [-0.25, -0.2) is 4.79 Å². The molecule has 0 spiro atoms. The lowest BCUT2D eigenvalue weighted by Crippen LogP contribution is -2.15. The van der Waals surface area contributed by atoms with Crippen LogP contribution in [-0.2, 0) is 0 Å². The van der Waals surface area contributed by atoms with Gasteiger partial charge in [0.1, 0.15) is 5.75 Å². The van der Waals surface area contributed by atoms with E-state index in [1.807, 2.05) is 76.4 Å². The third-order valence-corrected chi connectivity index (χ3v) is 5.70. The van der Waals surface area contributed by atoms with E-state index in [0.29, 0.717) is 12.2 Å². The second-order valence-corrected chi connectivity index (χ2v) is 8.34. The number of carboxylic acids is 1. The number of anilines is 2. The predicted molar refractivity (Wildman–Crippen MR) is 132 cm³/mol. The molecule has 168 valence electrons. The molecule has 3 rings (SSSR count). The van der Waals surface area contributed by atoms with Gasteiger partial charge in [-0.1, -0.05) is 24.3 Å². The lowest BCUT2D eigenvalue weighted by molar-refractivity contribution is 0.0695. The molecular weight excluding hydrogens is 400 g/mol. The molecule has 0 heterocycles. The van der Waals surface area contributed by atoms with E-state index in [1.165, 1.54) is 0 Å². The molecule has 0 saturated heterocycles. The van der Waals surface area contributed by atoms with Crippen molar-refractivity contribution in [3.8, 4) is 5.75 Å². The Balaban J connectivity index is 2.23. The Morgan fingerprint density at radius 2 is 1.44 bits per heavy atom. The van der Waals surface area contributed by atoms with Gasteiger partial charge in [0.05, 0.1) is 12.2 Å². The van der Waals surface area contributed by atoms with Crippen molar-refractivity contribution in [2.45, 2.75) is 19.8 Å². The molecule has 0 radical (unpaired) electrons. The van der Waals surface area contributed by atoms with Crippen LogP contribution < -0.4 is 14.5 Å². The van der Waals surface area contributed by atoms with Crippen LogP contribution in [0.25, 0.3) is 0 Å². The molecule has 3 aromatic carbocycles. The number of benzene rings is 3. The van der Waals surface area contributed by atoms with Crippen molar-refractivity contribution in [3.63, 3.8) is 0 Å². The zero-order valence-corrected chi connectivity index (χ0v) is 19.7. The molecule has 5 nitrogen and oxygen atoms in total. The Labute approximate surface area is 190 Å². The highest BCUT2D eigenvalue weighted by atomic mass is 16.5. The highest BCUT2D eigenvalue weighted by Crippen LogP contribution is 2.38. The average molecular weight is 433 g/mol. The Morgan fingerprint density at radius 3 is 1.94 bits per heavy atom. The van der Waals surface area contributed by atoms with Crippen LogP contribution in [0.2, 0.25) is 0 Å². The van der Waals surface area contributed by atoms with E-state index in [2.05, 4.69) is 30.0 Å². The largest absolute Gasteiger partial charge is 0.494 e. The molecular formula is C27H32N2O3. The Kier molecular flexibility index (Phi) is 7.08. The molecule has 32 heavy (non-hydrogen) atoms. The summed E-state index contributed by atoms with van der Waals surface area (Å²) in [6, 6.07) is 20.0. The number of carboxylic acid groups (broad SMARTS) is 1. The fourth-order valence-electron chi connectivity index (χ4n) is 3.97. The summed E-state index contributed by atoms with van der Waals surface area (Å²) in [4.78, 5) is 16.3. The number of aryl methyl sites for hydroxylation is 1. The SMILES string of the molecule is CCOc1ccc(C(c2ccc(N(C)C)cc2C)c2ccc(N(C)C)cc2C(=O)O)cc1. The maximum Gasteiger partial charge on any atom is 0.336 e. The van der Waals surface area contributed by atoms with Gasteiger partial charge in [-0.05, 0) is 72.5 Å². The Morgan fingerprint density at radius 1 is 0.875 bits per heavy atom. The maximum atomic E-state index is 12.3. The van der Waals surface area contributed by atoms with Crippen LogP contribution in [0.15, 0.2) is 60.7 Å². The molecule has 0 fully saturated rings. The van der Waals surface area contributed by atoms with Crippen molar-refractivity contribution in [3.05, 3.63) is 88.5 Å². The number of aromatic carboxylic acids is 1. The summed E-state index contributed by atoms with van der Waals surface area (Å²) in [6.07, 6.45) is 0. The molecule has 0 bridgehead atoms. The minimum atomic E-state index is -0.929. The third kappa shape index (κ3) is 4.88. The van der Waals surface area contributed by atoms with Crippen molar-refractivity contribution in [1.29, 1.82) is 0 Å². The fourth-order valence-corrected chi connectivity index (χ4v) is 3.97. The predicted octanol–water partition coefficient (Wildman–Crippen LogP) is 5.40. The smallest absolute Gasteiger partial charge is 0.336 e. The third-order valence-electron chi connectivity index (χ3n) is 5.70. The first kappa shape index (κ1) is 23.2. The molecule has 0 aromatic heterocycles. The average Bonchev–Trinajstić information content (AvgIpc) is 2.76. The summed E-state index contributed by atoms with van der Waals surface area (Å²) in [5.41, 5.74) is 6.27. The van der Waals surface area contributed by atoms with E-state index in [9.17, 15) is 9.90 Å². The molecule has 0 saturated carbocycles. The van der Waals surface area contributed by atoms with E-state index in [0.717, 1.165) is 39.4 Å². The fraction of sp³-hybridized carbons (Fsp3) is 0.296. The van der Waals surface area contributed by atoms with Gasteiger partial charge in [0.25, 0.3) is 0 Å². The summed E-state index contributed by atoms with van der Waals surface area (Å²) in [5.74, 6) is -0.345. The van der Waals surface area contributed by atoms with Crippen LogP contribution in [0.5, 0.6) is 5.75 Å². The highest BCUT2D eigenvalue weighted by Gasteiger charge is 2.25. The van der Waals surface area contributed by atoms with Crippen LogP contribution in [0.3, 0.4) is 0 Å². The molecule has 1 unspecified atom stereocenters. The van der Waals surface area contributed by atoms with Crippen LogP contribution in [0.4, 0.5) is 11.4 Å². The van der Waals surface area contributed by atoms with Crippen LogP contribution >= 0.6 is 0 Å². The van der Waals surface area contributed by atoms with Crippen molar-refractivity contribution in [1.82, 2.24) is 0 Å². The van der Waals surface area contributed by atoms with Gasteiger partial charge in [0.2, 0.25) is 0 Å². The summed E-state index contributed by atoms with van der Waals surface area (Å²) in [7, 11) is 7.85. The first-order valence-corrected chi connectivity index (χ1v) is 10.8. The number of carbonyl (C=O) groups is 1. The first-order chi connectivity index (χ1) is 15.2. The molecule has 0 aliphatic carbocycles. The number of rotatable bonds is 8. The zero-order valence-electron chi connectivity index (χ0n) is 19.7. The molecule has 0 aliphatic heterocycles. The quantitative estimate of drug-likeness (QED) is 0.483. The molecule has 1 N–H and O–H groups in total. The lowest BCUT2D eigenvalue weighted by Gasteiger charge is -2.25. The molecule has 0 amide bonds. The second kappa shape index (κ2) is 9.77. The standard InChI is InChI=1S/C27H32N2O3/c1-7-32-22-12-8-19(9-13-22)26(23-14-10-20(28(3)4)16-18(23)2)24-15-11-21(29(5)6)17-25(24)27(30)31/h8-17,26H,7H2,1-6H3,(H,30,31). The van der Waals surface area contributed by atoms with Gasteiger partial charge in [-0.2, -0.15) is 0 Å². The van der Waals surface area contributed by atoms with Gasteiger partial charge in [-0.3, -0.25) is 0 Å². The first-order valence-electron chi connectivity index (χ1n) is 10.8. The summed E-state index contributed by atoms with van der Waals surface area (Å²) in [5, 5.41) is 10.1. The van der Waals surface area contributed by atoms with E-state index in [4.69, 9.17) is 4.74 Å². The monoisotopic (exact) mass is 432 g/mol. The molecule has 1 atom stereocenters. The van der Waals surface area contributed by atoms with Gasteiger partial charge in [0, 0.05) is 45.5 Å².